The van der Waals surface area contributed by atoms with E-state index in [2.05, 4.69) is 15.9 Å². The van der Waals surface area contributed by atoms with Crippen LogP contribution in [0, 0.1) is 12.8 Å². The summed E-state index contributed by atoms with van der Waals surface area (Å²) < 4.78 is 0. The fourth-order valence-corrected chi connectivity index (χ4v) is 3.53. The topological polar surface area (TPSA) is 20.3 Å². The van der Waals surface area contributed by atoms with Crippen LogP contribution in [0.25, 0.3) is 0 Å². The van der Waals surface area contributed by atoms with Gasteiger partial charge in [0.1, 0.15) is 0 Å². The van der Waals surface area contributed by atoms with Crippen molar-refractivity contribution in [1.82, 2.24) is 4.90 Å². The Balaban J connectivity index is 2.03. The van der Waals surface area contributed by atoms with Gasteiger partial charge in [0, 0.05) is 29.0 Å². The average molecular weight is 331 g/mol. The summed E-state index contributed by atoms with van der Waals surface area (Å²) in [5.41, 5.74) is 1.68. The lowest BCUT2D eigenvalue weighted by Gasteiger charge is -2.34. The molecule has 0 N–H and O–H groups in total. The Morgan fingerprint density at radius 1 is 1.50 bits per heavy atom. The average Bonchev–Trinajstić information content (AvgIpc) is 2.29. The molecule has 0 radical (unpaired) electrons. The molecule has 0 spiro atoms. The first kappa shape index (κ1) is 13.9. The van der Waals surface area contributed by atoms with Crippen LogP contribution in [-0.2, 0) is 0 Å². The summed E-state index contributed by atoms with van der Waals surface area (Å²) in [6, 6.07) is 5.46. The molecule has 0 aromatic heterocycles. The van der Waals surface area contributed by atoms with E-state index in [-0.39, 0.29) is 5.91 Å². The van der Waals surface area contributed by atoms with Gasteiger partial charge in [-0.15, -0.1) is 0 Å². The molecule has 0 atom stereocenters. The van der Waals surface area contributed by atoms with E-state index in [1.165, 1.54) is 0 Å². The second kappa shape index (κ2) is 5.62. The van der Waals surface area contributed by atoms with E-state index < -0.39 is 0 Å². The minimum absolute atomic E-state index is 0.0630. The zero-order valence-electron chi connectivity index (χ0n) is 10.6. The molecule has 0 saturated heterocycles. The van der Waals surface area contributed by atoms with Gasteiger partial charge in [-0.25, -0.2) is 0 Å². The van der Waals surface area contributed by atoms with E-state index in [0.717, 1.165) is 24.9 Å². The lowest BCUT2D eigenvalue weighted by molar-refractivity contribution is 0.0748. The smallest absolute Gasteiger partial charge is 0.253 e. The summed E-state index contributed by atoms with van der Waals surface area (Å²) in [4.78, 5) is 14.8. The van der Waals surface area contributed by atoms with Crippen LogP contribution < -0.4 is 0 Å². The number of benzene rings is 1. The molecule has 0 unspecified atom stereocenters. The molecule has 1 fully saturated rings. The predicted molar refractivity (Wildman–Crippen MR) is 78.6 cm³/mol. The molecule has 1 amide bonds. The van der Waals surface area contributed by atoms with Gasteiger partial charge in [0.05, 0.1) is 0 Å². The van der Waals surface area contributed by atoms with E-state index in [1.54, 1.807) is 6.07 Å². The van der Waals surface area contributed by atoms with Crippen molar-refractivity contribution in [2.75, 3.05) is 13.6 Å². The summed E-state index contributed by atoms with van der Waals surface area (Å²) >= 11 is 9.52. The summed E-state index contributed by atoms with van der Waals surface area (Å²) in [5, 5.41) is 0.613. The van der Waals surface area contributed by atoms with Crippen molar-refractivity contribution in [2.45, 2.75) is 24.6 Å². The van der Waals surface area contributed by atoms with Gasteiger partial charge >= 0.3 is 0 Å². The minimum Gasteiger partial charge on any atom is -0.341 e. The van der Waals surface area contributed by atoms with Crippen molar-refractivity contribution in [3.63, 3.8) is 0 Å². The van der Waals surface area contributed by atoms with E-state index in [9.17, 15) is 4.79 Å². The maximum atomic E-state index is 12.3. The molecule has 2 rings (SSSR count). The summed E-state index contributed by atoms with van der Waals surface area (Å²) in [6.07, 6.45) is 2.32. The second-order valence-corrected chi connectivity index (χ2v) is 6.81. The second-order valence-electron chi connectivity index (χ2n) is 5.08. The fourth-order valence-electron chi connectivity index (χ4n) is 2.30. The molecule has 98 valence electrons. The summed E-state index contributed by atoms with van der Waals surface area (Å²) in [5.74, 6) is 0.691. The van der Waals surface area contributed by atoms with Gasteiger partial charge in [0.15, 0.2) is 0 Å². The first-order chi connectivity index (χ1) is 8.47. The predicted octanol–water partition coefficient (Wildman–Crippen LogP) is 3.89. The van der Waals surface area contributed by atoms with Crippen LogP contribution in [0.2, 0.25) is 5.02 Å². The van der Waals surface area contributed by atoms with Crippen LogP contribution >= 0.6 is 27.5 Å². The Morgan fingerprint density at radius 3 is 2.78 bits per heavy atom. The molecular formula is C14H17BrClNO. The number of aryl methyl sites for hydroxylation is 1. The number of carbonyl (C=O) groups excluding carboxylic acids is 1. The number of amides is 1. The Hall–Kier alpha value is -0.540. The quantitative estimate of drug-likeness (QED) is 0.770. The Kier molecular flexibility index (Phi) is 4.33. The molecule has 1 saturated carbocycles. The van der Waals surface area contributed by atoms with E-state index >= 15 is 0 Å². The van der Waals surface area contributed by atoms with Crippen molar-refractivity contribution in [3.05, 3.63) is 34.3 Å². The van der Waals surface area contributed by atoms with E-state index in [4.69, 9.17) is 11.6 Å². The molecule has 0 bridgehead atoms. The molecule has 1 aliphatic rings. The maximum Gasteiger partial charge on any atom is 0.253 e. The number of hydrogen-bond donors (Lipinski definition) is 0. The molecule has 4 heteroatoms. The van der Waals surface area contributed by atoms with Crippen molar-refractivity contribution in [1.29, 1.82) is 0 Å². The van der Waals surface area contributed by atoms with Crippen molar-refractivity contribution < 1.29 is 4.79 Å². The largest absolute Gasteiger partial charge is 0.341 e. The molecule has 1 aliphatic carbocycles. The van der Waals surface area contributed by atoms with Crippen molar-refractivity contribution in [3.8, 4) is 0 Å². The molecule has 2 nitrogen and oxygen atoms in total. The summed E-state index contributed by atoms with van der Waals surface area (Å²) in [6.45, 7) is 2.77. The van der Waals surface area contributed by atoms with Gasteiger partial charge in [-0.1, -0.05) is 33.6 Å². The number of carbonyl (C=O) groups is 1. The number of nitrogens with zero attached hydrogens (tertiary/aromatic N) is 1. The monoisotopic (exact) mass is 329 g/mol. The SMILES string of the molecule is Cc1ccc(Cl)cc1C(=O)N(C)CC1CC(Br)C1. The minimum atomic E-state index is 0.0630. The number of hydrogen-bond acceptors (Lipinski definition) is 1. The Morgan fingerprint density at radius 2 is 2.17 bits per heavy atom. The molecular weight excluding hydrogens is 314 g/mol. The van der Waals surface area contributed by atoms with Crippen molar-refractivity contribution >= 4 is 33.4 Å². The first-order valence-electron chi connectivity index (χ1n) is 6.13. The van der Waals surface area contributed by atoms with Crippen LogP contribution in [-0.4, -0.2) is 29.2 Å². The number of rotatable bonds is 3. The van der Waals surface area contributed by atoms with Crippen LogP contribution in [0.15, 0.2) is 18.2 Å². The van der Waals surface area contributed by atoms with Crippen LogP contribution in [0.3, 0.4) is 0 Å². The fraction of sp³-hybridized carbons (Fsp3) is 0.500. The zero-order valence-corrected chi connectivity index (χ0v) is 13.0. The molecule has 1 aromatic carbocycles. The molecule has 0 aliphatic heterocycles. The van der Waals surface area contributed by atoms with Gasteiger partial charge < -0.3 is 4.90 Å². The maximum absolute atomic E-state index is 12.3. The van der Waals surface area contributed by atoms with E-state index in [0.29, 0.717) is 21.3 Å². The molecule has 1 aromatic rings. The third-order valence-electron chi connectivity index (χ3n) is 3.49. The van der Waals surface area contributed by atoms with Crippen LogP contribution in [0.4, 0.5) is 0 Å². The number of halogens is 2. The third kappa shape index (κ3) is 3.07. The Labute approximate surface area is 121 Å². The number of alkyl halides is 1. The lowest BCUT2D eigenvalue weighted by Crippen LogP contribution is -2.38. The third-order valence-corrected chi connectivity index (χ3v) is 4.47. The molecule has 0 heterocycles. The van der Waals surface area contributed by atoms with Gasteiger partial charge in [-0.2, -0.15) is 0 Å². The standard InChI is InChI=1S/C14H17BrClNO/c1-9-3-4-12(16)7-13(9)14(18)17(2)8-10-5-11(15)6-10/h3-4,7,10-11H,5-6,8H2,1-2H3. The van der Waals surface area contributed by atoms with Gasteiger partial charge in [0.2, 0.25) is 0 Å². The van der Waals surface area contributed by atoms with Crippen molar-refractivity contribution in [2.24, 2.45) is 5.92 Å². The normalized spacial score (nSPS) is 22.4. The highest BCUT2D eigenvalue weighted by Crippen LogP contribution is 2.33. The van der Waals surface area contributed by atoms with Crippen LogP contribution in [0.1, 0.15) is 28.8 Å². The summed E-state index contributed by atoms with van der Waals surface area (Å²) in [7, 11) is 1.87. The van der Waals surface area contributed by atoms with Gasteiger partial charge in [-0.3, -0.25) is 4.79 Å². The Bertz CT molecular complexity index is 457. The highest BCUT2D eigenvalue weighted by molar-refractivity contribution is 9.09. The van der Waals surface area contributed by atoms with Gasteiger partial charge in [0.25, 0.3) is 5.91 Å². The van der Waals surface area contributed by atoms with E-state index in [1.807, 2.05) is 31.0 Å². The van der Waals surface area contributed by atoms with Crippen LogP contribution in [0.5, 0.6) is 0 Å². The zero-order chi connectivity index (χ0) is 13.3. The highest BCUT2D eigenvalue weighted by atomic mass is 79.9. The lowest BCUT2D eigenvalue weighted by atomic mass is 9.85. The highest BCUT2D eigenvalue weighted by Gasteiger charge is 2.29. The van der Waals surface area contributed by atoms with Gasteiger partial charge in [-0.05, 0) is 43.4 Å². The molecule has 18 heavy (non-hydrogen) atoms. The first-order valence-corrected chi connectivity index (χ1v) is 7.42.